The third-order valence-electron chi connectivity index (χ3n) is 9.91. The molecule has 6 atom stereocenters. The Morgan fingerprint density at radius 3 is 2.57 bits per heavy atom. The zero-order chi connectivity index (χ0) is 35.5. The van der Waals surface area contributed by atoms with Crippen LogP contribution in [0.15, 0.2) is 29.6 Å². The first-order chi connectivity index (χ1) is 22.8. The highest BCUT2D eigenvalue weighted by atomic mass is 32.1. The quantitative estimate of drug-likeness (QED) is 0.171. The first-order valence-electron chi connectivity index (χ1n) is 18.1. The lowest BCUT2D eigenvalue weighted by atomic mass is 9.83. The number of amides is 2. The maximum Gasteiger partial charge on any atom is 0.270 e. The fourth-order valence-electron chi connectivity index (χ4n) is 6.92. The van der Waals surface area contributed by atoms with Gasteiger partial charge < -0.3 is 15.0 Å². The molecular formula is C38H58N4O4S. The van der Waals surface area contributed by atoms with Crippen LogP contribution < -0.4 is 5.32 Å². The van der Waals surface area contributed by atoms with Crippen molar-refractivity contribution < 1.29 is 20.5 Å². The average molecular weight is 669 g/mol. The minimum atomic E-state index is -0.337. The fraction of sp³-hybridized carbons (Fsp3) is 0.658. The van der Waals surface area contributed by atoms with Gasteiger partial charge in [0.05, 0.1) is 12.4 Å². The SMILES string of the molecule is [3H]c1ccc(CC(CC(C)C=O)NC(=O)c2csc(CCC(C(C)C)N(CC)C(=O)C(CC(=O)C3CCCN3C)C(C)CC)n2)cc1C. The Hall–Kier alpha value is -2.91. The summed E-state index contributed by atoms with van der Waals surface area (Å²) in [5, 5.41) is 5.72. The smallest absolute Gasteiger partial charge is 0.270 e. The molecule has 0 aliphatic carbocycles. The van der Waals surface area contributed by atoms with Crippen LogP contribution in [0.4, 0.5) is 0 Å². The van der Waals surface area contributed by atoms with Crippen LogP contribution in [0.3, 0.4) is 0 Å². The van der Waals surface area contributed by atoms with Gasteiger partial charge in [-0.15, -0.1) is 11.3 Å². The number of carbonyl (C=O) groups excluding carboxylic acids is 4. The van der Waals surface area contributed by atoms with E-state index in [4.69, 9.17) is 1.37 Å². The highest BCUT2D eigenvalue weighted by molar-refractivity contribution is 7.09. The average Bonchev–Trinajstić information content (AvgIpc) is 3.71. The molecule has 260 valence electrons. The molecule has 47 heavy (non-hydrogen) atoms. The Bertz CT molecular complexity index is 1380. The number of aryl methyl sites for hydroxylation is 2. The van der Waals surface area contributed by atoms with Gasteiger partial charge in [0.25, 0.3) is 5.91 Å². The molecule has 1 aromatic heterocycles. The van der Waals surface area contributed by atoms with Gasteiger partial charge in [-0.3, -0.25) is 19.3 Å². The van der Waals surface area contributed by atoms with Crippen LogP contribution in [0.25, 0.3) is 0 Å². The Balaban J connectivity index is 1.69. The number of benzene rings is 1. The van der Waals surface area contributed by atoms with Crippen LogP contribution in [0.1, 0.15) is 108 Å². The molecule has 3 rings (SSSR count). The first kappa shape index (κ1) is 36.9. The number of thiazole rings is 1. The second kappa shape index (κ2) is 18.6. The van der Waals surface area contributed by atoms with E-state index in [2.05, 4.69) is 42.9 Å². The Kier molecular flexibility index (Phi) is 14.6. The maximum absolute atomic E-state index is 14.2. The number of aldehydes is 1. The van der Waals surface area contributed by atoms with Gasteiger partial charge in [0.2, 0.25) is 5.91 Å². The predicted molar refractivity (Wildman–Crippen MR) is 191 cm³/mol. The van der Waals surface area contributed by atoms with E-state index in [1.165, 1.54) is 11.3 Å². The number of aromatic nitrogens is 1. The van der Waals surface area contributed by atoms with E-state index in [9.17, 15) is 19.2 Å². The normalized spacial score (nSPS) is 18.7. The summed E-state index contributed by atoms with van der Waals surface area (Å²) in [5.74, 6) is -0.249. The summed E-state index contributed by atoms with van der Waals surface area (Å²) in [6.07, 6.45) is 6.33. The van der Waals surface area contributed by atoms with Gasteiger partial charge in [0, 0.05) is 48.7 Å². The number of hydrogen-bond donors (Lipinski definition) is 1. The van der Waals surface area contributed by atoms with Gasteiger partial charge in [-0.25, -0.2) is 4.98 Å². The van der Waals surface area contributed by atoms with Crippen LogP contribution in [-0.4, -0.2) is 76.9 Å². The molecule has 1 aliphatic heterocycles. The van der Waals surface area contributed by atoms with Crippen LogP contribution in [0.5, 0.6) is 0 Å². The van der Waals surface area contributed by atoms with Gasteiger partial charge in [0.15, 0.2) is 5.78 Å². The van der Waals surface area contributed by atoms with Crippen molar-refractivity contribution in [1.29, 1.82) is 0 Å². The van der Waals surface area contributed by atoms with Crippen molar-refractivity contribution in [2.75, 3.05) is 20.1 Å². The molecule has 0 saturated carbocycles. The molecule has 9 heteroatoms. The molecule has 2 amide bonds. The highest BCUT2D eigenvalue weighted by Crippen LogP contribution is 2.29. The largest absolute Gasteiger partial charge is 0.348 e. The summed E-state index contributed by atoms with van der Waals surface area (Å²) in [5.41, 5.74) is 2.23. The lowest BCUT2D eigenvalue weighted by Gasteiger charge is -2.37. The van der Waals surface area contributed by atoms with Crippen molar-refractivity contribution in [2.45, 2.75) is 118 Å². The number of likely N-dealkylation sites (tertiary alicyclic amines) is 1. The fourth-order valence-corrected chi connectivity index (χ4v) is 7.71. The van der Waals surface area contributed by atoms with Crippen molar-refractivity contribution in [3.05, 3.63) is 51.5 Å². The molecular weight excluding hydrogens is 609 g/mol. The van der Waals surface area contributed by atoms with Crippen molar-refractivity contribution in [3.63, 3.8) is 0 Å². The zero-order valence-corrected chi connectivity index (χ0v) is 30.7. The van der Waals surface area contributed by atoms with E-state index >= 15 is 0 Å². The number of hydrogen-bond acceptors (Lipinski definition) is 7. The monoisotopic (exact) mass is 668 g/mol. The zero-order valence-electron chi connectivity index (χ0n) is 30.9. The van der Waals surface area contributed by atoms with Gasteiger partial charge >= 0.3 is 0 Å². The second-order valence-electron chi connectivity index (χ2n) is 14.0. The Morgan fingerprint density at radius 1 is 1.23 bits per heavy atom. The van der Waals surface area contributed by atoms with Crippen LogP contribution in [-0.2, 0) is 27.2 Å². The molecule has 1 fully saturated rings. The standard InChI is InChI=1S/C38H58N4O4S/c1-9-28(7)31(22-35(44)34-15-12-18-41(34)8)38(46)42(10-2)33(25(3)4)16-17-36-40-32(24-47-36)37(45)39-30(20-27(6)23-43)21-29-14-11-13-26(5)19-29/h11,13-14,19,23-25,27-28,30-31,33-34H,9-10,12,15-18,20-22H2,1-8H3,(H,39,45)/i13T. The third kappa shape index (κ3) is 11.1. The first-order valence-corrected chi connectivity index (χ1v) is 18.5. The van der Waals surface area contributed by atoms with E-state index < -0.39 is 0 Å². The van der Waals surface area contributed by atoms with E-state index in [0.29, 0.717) is 44.0 Å². The maximum atomic E-state index is 14.2. The van der Waals surface area contributed by atoms with E-state index in [1.807, 2.05) is 44.9 Å². The molecule has 1 saturated heterocycles. The topological polar surface area (TPSA) is 99.7 Å². The van der Waals surface area contributed by atoms with Crippen LogP contribution in [0.2, 0.25) is 0 Å². The molecule has 1 aliphatic rings. The molecule has 1 aromatic carbocycles. The lowest BCUT2D eigenvalue weighted by Crippen LogP contribution is -2.48. The molecule has 8 nitrogen and oxygen atoms in total. The Morgan fingerprint density at radius 2 is 1.98 bits per heavy atom. The molecule has 2 aromatic rings. The van der Waals surface area contributed by atoms with Crippen LogP contribution >= 0.6 is 11.3 Å². The van der Waals surface area contributed by atoms with Gasteiger partial charge in [-0.05, 0) is 76.9 Å². The van der Waals surface area contributed by atoms with E-state index in [0.717, 1.165) is 48.2 Å². The van der Waals surface area contributed by atoms with Crippen molar-refractivity contribution >= 4 is 35.2 Å². The number of likely N-dealkylation sites (N-methyl/N-ethyl adjacent to an activating group) is 1. The molecule has 1 N–H and O–H groups in total. The summed E-state index contributed by atoms with van der Waals surface area (Å²) in [7, 11) is 2.00. The van der Waals surface area contributed by atoms with Gasteiger partial charge in [0.1, 0.15) is 12.0 Å². The van der Waals surface area contributed by atoms with Crippen molar-refractivity contribution in [1.82, 2.24) is 20.1 Å². The number of Topliss-reactive ketones (excluding diaryl/α,β-unsaturated/α-hetero) is 1. The number of ketones is 1. The lowest BCUT2D eigenvalue weighted by molar-refractivity contribution is -0.143. The number of nitrogens with zero attached hydrogens (tertiary/aromatic N) is 3. The van der Waals surface area contributed by atoms with Crippen molar-refractivity contribution in [2.24, 2.45) is 23.7 Å². The second-order valence-corrected chi connectivity index (χ2v) is 14.9. The summed E-state index contributed by atoms with van der Waals surface area (Å²) in [6.45, 7) is 15.7. The predicted octanol–water partition coefficient (Wildman–Crippen LogP) is 6.54. The minimum absolute atomic E-state index is 0.0211. The van der Waals surface area contributed by atoms with Crippen LogP contribution in [0, 0.1) is 30.6 Å². The molecule has 0 radical (unpaired) electrons. The Labute approximate surface area is 288 Å². The molecule has 0 spiro atoms. The molecule has 6 unspecified atom stereocenters. The van der Waals surface area contributed by atoms with Crippen molar-refractivity contribution in [3.8, 4) is 0 Å². The molecule has 0 bridgehead atoms. The minimum Gasteiger partial charge on any atom is -0.348 e. The van der Waals surface area contributed by atoms with Gasteiger partial charge in [-0.2, -0.15) is 0 Å². The van der Waals surface area contributed by atoms with E-state index in [-0.39, 0.29) is 65.8 Å². The summed E-state index contributed by atoms with van der Waals surface area (Å²) < 4.78 is 7.96. The number of carbonyl (C=O) groups is 4. The number of rotatable bonds is 19. The summed E-state index contributed by atoms with van der Waals surface area (Å²) in [4.78, 5) is 61.1. The van der Waals surface area contributed by atoms with Gasteiger partial charge in [-0.1, -0.05) is 70.8 Å². The number of nitrogens with one attached hydrogen (secondary N) is 1. The van der Waals surface area contributed by atoms with E-state index in [1.54, 1.807) is 11.4 Å². The summed E-state index contributed by atoms with van der Waals surface area (Å²) >= 11 is 1.45. The highest BCUT2D eigenvalue weighted by Gasteiger charge is 2.37. The third-order valence-corrected chi connectivity index (χ3v) is 10.8. The molecule has 2 heterocycles. The summed E-state index contributed by atoms with van der Waals surface area (Å²) in [6, 6.07) is 5.73.